The predicted octanol–water partition coefficient (Wildman–Crippen LogP) is 2.96. The molecule has 27 heavy (non-hydrogen) atoms. The van der Waals surface area contributed by atoms with Crippen molar-refractivity contribution in [1.29, 1.82) is 0 Å². The maximum Gasteiger partial charge on any atom is 0.332 e. The summed E-state index contributed by atoms with van der Waals surface area (Å²) in [6, 6.07) is 21.1. The Labute approximate surface area is 156 Å². The lowest BCUT2D eigenvalue weighted by molar-refractivity contribution is 0.633. The molecule has 4 aromatic rings. The summed E-state index contributed by atoms with van der Waals surface area (Å²) in [5.74, 6) is 0. The van der Waals surface area contributed by atoms with Crippen LogP contribution in [0.3, 0.4) is 0 Å². The summed E-state index contributed by atoms with van der Waals surface area (Å²) in [6.45, 7) is 2.61. The average molecular weight is 357 g/mol. The quantitative estimate of drug-likeness (QED) is 0.564. The van der Waals surface area contributed by atoms with Crippen molar-refractivity contribution in [2.45, 2.75) is 20.0 Å². The van der Waals surface area contributed by atoms with Gasteiger partial charge in [-0.05, 0) is 30.2 Å². The summed E-state index contributed by atoms with van der Waals surface area (Å²) in [5, 5.41) is 0. The summed E-state index contributed by atoms with van der Waals surface area (Å²) >= 11 is 0. The van der Waals surface area contributed by atoms with Crippen molar-refractivity contribution in [1.82, 2.24) is 14.1 Å². The van der Waals surface area contributed by atoms with Crippen LogP contribution in [0.4, 0.5) is 0 Å². The summed E-state index contributed by atoms with van der Waals surface area (Å²) in [7, 11) is 0. The van der Waals surface area contributed by atoms with E-state index in [1.807, 2.05) is 61.5 Å². The lowest BCUT2D eigenvalue weighted by Gasteiger charge is -2.14. The first-order valence-corrected chi connectivity index (χ1v) is 8.81. The van der Waals surface area contributed by atoms with Crippen LogP contribution >= 0.6 is 0 Å². The third-order valence-corrected chi connectivity index (χ3v) is 4.63. The Morgan fingerprint density at radius 2 is 1.44 bits per heavy atom. The Kier molecular flexibility index (Phi) is 4.42. The molecule has 0 spiro atoms. The van der Waals surface area contributed by atoms with Gasteiger partial charge in [0.15, 0.2) is 5.52 Å². The van der Waals surface area contributed by atoms with Crippen LogP contribution in [0, 0.1) is 6.92 Å². The van der Waals surface area contributed by atoms with E-state index in [1.54, 1.807) is 22.9 Å². The molecule has 0 aliphatic rings. The smallest absolute Gasteiger partial charge is 0.287 e. The molecule has 2 aromatic carbocycles. The molecule has 134 valence electrons. The summed E-state index contributed by atoms with van der Waals surface area (Å²) < 4.78 is 2.89. The average Bonchev–Trinajstić information content (AvgIpc) is 2.71. The fraction of sp³-hybridized carbons (Fsp3) is 0.136. The van der Waals surface area contributed by atoms with E-state index >= 15 is 0 Å². The monoisotopic (exact) mass is 357 g/mol. The number of rotatable bonds is 4. The van der Waals surface area contributed by atoms with Gasteiger partial charge in [-0.25, -0.2) is 9.78 Å². The van der Waals surface area contributed by atoms with Gasteiger partial charge in [0, 0.05) is 6.20 Å². The van der Waals surface area contributed by atoms with Gasteiger partial charge in [0.25, 0.3) is 5.56 Å². The maximum absolute atomic E-state index is 13.2. The highest BCUT2D eigenvalue weighted by Crippen LogP contribution is 2.09. The van der Waals surface area contributed by atoms with Crippen molar-refractivity contribution in [3.63, 3.8) is 0 Å². The Morgan fingerprint density at radius 1 is 0.778 bits per heavy atom. The molecule has 0 aliphatic carbocycles. The predicted molar refractivity (Wildman–Crippen MR) is 106 cm³/mol. The molecule has 0 radical (unpaired) electrons. The molecular weight excluding hydrogens is 338 g/mol. The van der Waals surface area contributed by atoms with Gasteiger partial charge in [-0.3, -0.25) is 13.9 Å². The molecule has 0 saturated carbocycles. The second kappa shape index (κ2) is 7.03. The SMILES string of the molecule is Cc1ccc(Cn2c(=O)c3ncccc3n(Cc3ccccc3)c2=O)cc1. The Balaban J connectivity index is 1.90. The molecule has 5 nitrogen and oxygen atoms in total. The van der Waals surface area contributed by atoms with E-state index in [9.17, 15) is 9.59 Å². The second-order valence-electron chi connectivity index (χ2n) is 6.60. The van der Waals surface area contributed by atoms with Crippen molar-refractivity contribution in [2.24, 2.45) is 0 Å². The van der Waals surface area contributed by atoms with Gasteiger partial charge in [0.1, 0.15) is 0 Å². The van der Waals surface area contributed by atoms with Crippen LogP contribution < -0.4 is 11.2 Å². The Morgan fingerprint density at radius 3 is 2.19 bits per heavy atom. The zero-order valence-corrected chi connectivity index (χ0v) is 15.0. The molecule has 0 N–H and O–H groups in total. The molecule has 0 atom stereocenters. The third-order valence-electron chi connectivity index (χ3n) is 4.63. The van der Waals surface area contributed by atoms with E-state index in [2.05, 4.69) is 4.98 Å². The van der Waals surface area contributed by atoms with E-state index < -0.39 is 0 Å². The molecule has 0 aliphatic heterocycles. The van der Waals surface area contributed by atoms with Gasteiger partial charge < -0.3 is 0 Å². The summed E-state index contributed by atoms with van der Waals surface area (Å²) in [5.41, 5.74) is 3.20. The third kappa shape index (κ3) is 3.31. The number of fused-ring (bicyclic) bond motifs is 1. The molecular formula is C22H19N3O2. The Bertz CT molecular complexity index is 1210. The van der Waals surface area contributed by atoms with Crippen LogP contribution in [0.15, 0.2) is 82.5 Å². The van der Waals surface area contributed by atoms with Crippen molar-refractivity contribution < 1.29 is 0 Å². The highest BCUT2D eigenvalue weighted by Gasteiger charge is 2.14. The maximum atomic E-state index is 13.2. The number of hydrogen-bond acceptors (Lipinski definition) is 3. The van der Waals surface area contributed by atoms with Crippen molar-refractivity contribution in [3.8, 4) is 0 Å². The molecule has 2 aromatic heterocycles. The normalized spacial score (nSPS) is 11.0. The first kappa shape index (κ1) is 17.0. The van der Waals surface area contributed by atoms with Crippen molar-refractivity contribution in [2.75, 3.05) is 0 Å². The minimum atomic E-state index is -0.361. The van der Waals surface area contributed by atoms with Crippen LogP contribution in [-0.4, -0.2) is 14.1 Å². The number of benzene rings is 2. The second-order valence-corrected chi connectivity index (χ2v) is 6.60. The minimum Gasteiger partial charge on any atom is -0.287 e. The minimum absolute atomic E-state index is 0.221. The number of aromatic nitrogens is 3. The van der Waals surface area contributed by atoms with Gasteiger partial charge in [0.05, 0.1) is 18.6 Å². The van der Waals surface area contributed by atoms with Crippen LogP contribution in [0.5, 0.6) is 0 Å². The number of hydrogen-bond donors (Lipinski definition) is 0. The van der Waals surface area contributed by atoms with Crippen LogP contribution in [-0.2, 0) is 13.1 Å². The fourth-order valence-corrected chi connectivity index (χ4v) is 3.18. The molecule has 0 bridgehead atoms. The van der Waals surface area contributed by atoms with E-state index in [1.165, 1.54) is 4.57 Å². The van der Waals surface area contributed by atoms with Gasteiger partial charge in [-0.2, -0.15) is 0 Å². The zero-order valence-electron chi connectivity index (χ0n) is 15.0. The summed E-state index contributed by atoms with van der Waals surface area (Å²) in [6.07, 6.45) is 1.58. The molecule has 0 amide bonds. The van der Waals surface area contributed by atoms with Crippen molar-refractivity contribution >= 4 is 11.0 Å². The molecule has 2 heterocycles. The fourth-order valence-electron chi connectivity index (χ4n) is 3.18. The first-order chi connectivity index (χ1) is 13.1. The van der Waals surface area contributed by atoms with Crippen molar-refractivity contribution in [3.05, 3.63) is 110 Å². The highest BCUT2D eigenvalue weighted by atomic mass is 16.2. The topological polar surface area (TPSA) is 56.9 Å². The van der Waals surface area contributed by atoms with Crippen LogP contribution in [0.1, 0.15) is 16.7 Å². The molecule has 5 heteroatoms. The summed E-state index contributed by atoms with van der Waals surface area (Å²) in [4.78, 5) is 30.3. The van der Waals surface area contributed by atoms with Gasteiger partial charge in [-0.1, -0.05) is 60.2 Å². The van der Waals surface area contributed by atoms with Crippen LogP contribution in [0.25, 0.3) is 11.0 Å². The zero-order chi connectivity index (χ0) is 18.8. The van der Waals surface area contributed by atoms with E-state index in [-0.39, 0.29) is 17.8 Å². The molecule has 0 unspecified atom stereocenters. The number of pyridine rings is 1. The Hall–Kier alpha value is -3.47. The van der Waals surface area contributed by atoms with Gasteiger partial charge in [-0.15, -0.1) is 0 Å². The lowest BCUT2D eigenvalue weighted by Crippen LogP contribution is -2.40. The van der Waals surface area contributed by atoms with E-state index in [0.29, 0.717) is 17.6 Å². The lowest BCUT2D eigenvalue weighted by atomic mass is 10.1. The largest absolute Gasteiger partial charge is 0.332 e. The standard InChI is InChI=1S/C22H19N3O2/c1-16-9-11-18(12-10-16)15-25-21(26)20-19(8-5-13-23-20)24(22(25)27)14-17-6-3-2-4-7-17/h2-13H,14-15H2,1H3. The van der Waals surface area contributed by atoms with Gasteiger partial charge in [0.2, 0.25) is 0 Å². The van der Waals surface area contributed by atoms with Gasteiger partial charge >= 0.3 is 5.69 Å². The first-order valence-electron chi connectivity index (χ1n) is 8.81. The molecule has 4 rings (SSSR count). The molecule has 0 fully saturated rings. The van der Waals surface area contributed by atoms with Crippen LogP contribution in [0.2, 0.25) is 0 Å². The highest BCUT2D eigenvalue weighted by molar-refractivity contribution is 5.73. The molecule has 0 saturated heterocycles. The van der Waals surface area contributed by atoms with E-state index in [0.717, 1.165) is 16.7 Å². The number of aryl methyl sites for hydroxylation is 1. The van der Waals surface area contributed by atoms with E-state index in [4.69, 9.17) is 0 Å². The number of nitrogens with zero attached hydrogens (tertiary/aromatic N) is 3.